The summed E-state index contributed by atoms with van der Waals surface area (Å²) in [7, 11) is 1.89. The van der Waals surface area contributed by atoms with Crippen LogP contribution in [-0.4, -0.2) is 26.3 Å². The van der Waals surface area contributed by atoms with E-state index in [1.54, 1.807) is 10.9 Å². The van der Waals surface area contributed by atoms with Gasteiger partial charge < -0.3 is 5.32 Å². The third-order valence-electron chi connectivity index (χ3n) is 2.51. The Bertz CT molecular complexity index is 504. The first kappa shape index (κ1) is 12.7. The molecule has 18 heavy (non-hydrogen) atoms. The van der Waals surface area contributed by atoms with Crippen molar-refractivity contribution >= 4 is 0 Å². The number of aromatic nitrogens is 4. The standard InChI is InChI=1S/C13H19N5/c1-10(2)8-14-9-11-4-6-15-13(16-11)12-5-7-18(3)17-12/h4-7,10,14H,8-9H2,1-3H3. The molecule has 0 aliphatic carbocycles. The minimum atomic E-state index is 0.641. The van der Waals surface area contributed by atoms with Gasteiger partial charge in [0.05, 0.1) is 5.69 Å². The molecule has 1 N–H and O–H groups in total. The van der Waals surface area contributed by atoms with Crippen LogP contribution in [0.4, 0.5) is 0 Å². The first-order valence-corrected chi connectivity index (χ1v) is 6.18. The molecule has 0 aliphatic rings. The van der Waals surface area contributed by atoms with Crippen LogP contribution in [0.3, 0.4) is 0 Å². The second kappa shape index (κ2) is 5.73. The van der Waals surface area contributed by atoms with Crippen molar-refractivity contribution in [1.29, 1.82) is 0 Å². The summed E-state index contributed by atoms with van der Waals surface area (Å²) in [5.41, 5.74) is 1.80. The van der Waals surface area contributed by atoms with Crippen molar-refractivity contribution in [1.82, 2.24) is 25.1 Å². The Morgan fingerprint density at radius 3 is 2.83 bits per heavy atom. The molecule has 2 rings (SSSR count). The fourth-order valence-electron chi connectivity index (χ4n) is 1.64. The Morgan fingerprint density at radius 1 is 1.33 bits per heavy atom. The van der Waals surface area contributed by atoms with Crippen LogP contribution in [0, 0.1) is 5.92 Å². The Kier molecular flexibility index (Phi) is 4.04. The monoisotopic (exact) mass is 245 g/mol. The number of hydrogen-bond acceptors (Lipinski definition) is 4. The van der Waals surface area contributed by atoms with Gasteiger partial charge in [0.1, 0.15) is 5.69 Å². The molecule has 2 aromatic heterocycles. The molecule has 0 aliphatic heterocycles. The van der Waals surface area contributed by atoms with Gasteiger partial charge in [0.2, 0.25) is 0 Å². The Morgan fingerprint density at radius 2 is 2.17 bits per heavy atom. The SMILES string of the molecule is CC(C)CNCc1ccnc(-c2ccn(C)n2)n1. The molecule has 0 bridgehead atoms. The predicted molar refractivity (Wildman–Crippen MR) is 70.8 cm³/mol. The summed E-state index contributed by atoms with van der Waals surface area (Å²) >= 11 is 0. The van der Waals surface area contributed by atoms with Crippen LogP contribution in [0.2, 0.25) is 0 Å². The molecule has 0 aromatic carbocycles. The van der Waals surface area contributed by atoms with Crippen LogP contribution in [0.5, 0.6) is 0 Å². The average Bonchev–Trinajstić information content (AvgIpc) is 2.76. The maximum absolute atomic E-state index is 4.50. The van der Waals surface area contributed by atoms with Crippen LogP contribution in [-0.2, 0) is 13.6 Å². The fourth-order valence-corrected chi connectivity index (χ4v) is 1.64. The molecule has 0 spiro atoms. The minimum Gasteiger partial charge on any atom is -0.311 e. The van der Waals surface area contributed by atoms with Gasteiger partial charge >= 0.3 is 0 Å². The molecule has 2 aromatic rings. The Labute approximate surface area is 107 Å². The van der Waals surface area contributed by atoms with E-state index in [-0.39, 0.29) is 0 Å². The lowest BCUT2D eigenvalue weighted by molar-refractivity contribution is 0.548. The zero-order chi connectivity index (χ0) is 13.0. The van der Waals surface area contributed by atoms with E-state index in [0.717, 1.165) is 24.5 Å². The number of nitrogens with zero attached hydrogens (tertiary/aromatic N) is 4. The zero-order valence-corrected chi connectivity index (χ0v) is 11.1. The summed E-state index contributed by atoms with van der Waals surface area (Å²) in [6.45, 7) is 6.13. The van der Waals surface area contributed by atoms with Crippen LogP contribution >= 0.6 is 0 Å². The highest BCUT2D eigenvalue weighted by atomic mass is 15.3. The third-order valence-corrected chi connectivity index (χ3v) is 2.51. The normalized spacial score (nSPS) is 11.1. The smallest absolute Gasteiger partial charge is 0.180 e. The summed E-state index contributed by atoms with van der Waals surface area (Å²) in [6.07, 6.45) is 3.67. The molecule has 0 saturated carbocycles. The van der Waals surface area contributed by atoms with Crippen LogP contribution < -0.4 is 5.32 Å². The number of nitrogens with one attached hydrogen (secondary N) is 1. The number of hydrogen-bond donors (Lipinski definition) is 1. The van der Waals surface area contributed by atoms with Gasteiger partial charge in [0, 0.05) is 26.0 Å². The van der Waals surface area contributed by atoms with E-state index < -0.39 is 0 Å². The lowest BCUT2D eigenvalue weighted by Gasteiger charge is -2.07. The first-order valence-electron chi connectivity index (χ1n) is 6.18. The summed E-state index contributed by atoms with van der Waals surface area (Å²) in [4.78, 5) is 8.76. The molecular formula is C13H19N5. The quantitative estimate of drug-likeness (QED) is 0.869. The van der Waals surface area contributed by atoms with Gasteiger partial charge in [-0.05, 0) is 24.6 Å². The number of rotatable bonds is 5. The Balaban J connectivity index is 2.05. The van der Waals surface area contributed by atoms with E-state index in [9.17, 15) is 0 Å². The highest BCUT2D eigenvalue weighted by Crippen LogP contribution is 2.10. The van der Waals surface area contributed by atoms with Crippen molar-refractivity contribution in [3.8, 4) is 11.5 Å². The molecule has 0 fully saturated rings. The second-order valence-electron chi connectivity index (χ2n) is 4.77. The average molecular weight is 245 g/mol. The second-order valence-corrected chi connectivity index (χ2v) is 4.77. The summed E-state index contributed by atoms with van der Waals surface area (Å²) < 4.78 is 1.75. The highest BCUT2D eigenvalue weighted by Gasteiger charge is 2.05. The van der Waals surface area contributed by atoms with Gasteiger partial charge in [-0.15, -0.1) is 0 Å². The first-order chi connectivity index (χ1) is 8.65. The zero-order valence-electron chi connectivity index (χ0n) is 11.1. The number of aryl methyl sites for hydroxylation is 1. The topological polar surface area (TPSA) is 55.6 Å². The van der Waals surface area contributed by atoms with E-state index in [4.69, 9.17) is 0 Å². The van der Waals surface area contributed by atoms with Crippen molar-refractivity contribution in [2.75, 3.05) is 6.54 Å². The van der Waals surface area contributed by atoms with Gasteiger partial charge in [0.25, 0.3) is 0 Å². The molecule has 96 valence electrons. The van der Waals surface area contributed by atoms with E-state index in [2.05, 4.69) is 34.2 Å². The lowest BCUT2D eigenvalue weighted by Crippen LogP contribution is -2.19. The molecule has 5 nitrogen and oxygen atoms in total. The predicted octanol–water partition coefficient (Wildman–Crippen LogP) is 1.62. The molecule has 0 unspecified atom stereocenters. The van der Waals surface area contributed by atoms with E-state index in [1.165, 1.54) is 0 Å². The largest absolute Gasteiger partial charge is 0.311 e. The van der Waals surface area contributed by atoms with Crippen molar-refractivity contribution < 1.29 is 0 Å². The molecule has 5 heteroatoms. The van der Waals surface area contributed by atoms with E-state index >= 15 is 0 Å². The lowest BCUT2D eigenvalue weighted by atomic mass is 10.2. The molecular weight excluding hydrogens is 226 g/mol. The summed E-state index contributed by atoms with van der Waals surface area (Å²) in [6, 6.07) is 3.85. The summed E-state index contributed by atoms with van der Waals surface area (Å²) in [5.74, 6) is 1.32. The highest BCUT2D eigenvalue weighted by molar-refractivity contribution is 5.47. The van der Waals surface area contributed by atoms with Gasteiger partial charge in [-0.25, -0.2) is 9.97 Å². The third kappa shape index (κ3) is 3.37. The minimum absolute atomic E-state index is 0.641. The van der Waals surface area contributed by atoms with Crippen molar-refractivity contribution in [2.24, 2.45) is 13.0 Å². The molecule has 0 saturated heterocycles. The molecule has 0 amide bonds. The Hall–Kier alpha value is -1.75. The van der Waals surface area contributed by atoms with Crippen molar-refractivity contribution in [3.05, 3.63) is 30.2 Å². The maximum Gasteiger partial charge on any atom is 0.180 e. The van der Waals surface area contributed by atoms with Crippen LogP contribution in [0.25, 0.3) is 11.5 Å². The van der Waals surface area contributed by atoms with Crippen molar-refractivity contribution in [3.63, 3.8) is 0 Å². The van der Waals surface area contributed by atoms with Gasteiger partial charge in [-0.3, -0.25) is 4.68 Å². The van der Waals surface area contributed by atoms with Crippen molar-refractivity contribution in [2.45, 2.75) is 20.4 Å². The summed E-state index contributed by atoms with van der Waals surface area (Å²) in [5, 5.41) is 7.67. The van der Waals surface area contributed by atoms with E-state index in [1.807, 2.05) is 25.4 Å². The van der Waals surface area contributed by atoms with Crippen LogP contribution in [0.15, 0.2) is 24.5 Å². The molecule has 0 radical (unpaired) electrons. The fraction of sp³-hybridized carbons (Fsp3) is 0.462. The molecule has 0 atom stereocenters. The maximum atomic E-state index is 4.50. The molecule has 2 heterocycles. The van der Waals surface area contributed by atoms with E-state index in [0.29, 0.717) is 11.7 Å². The van der Waals surface area contributed by atoms with Gasteiger partial charge in [-0.1, -0.05) is 13.8 Å². The van der Waals surface area contributed by atoms with Gasteiger partial charge in [0.15, 0.2) is 5.82 Å². The van der Waals surface area contributed by atoms with Crippen LogP contribution in [0.1, 0.15) is 19.5 Å². The van der Waals surface area contributed by atoms with Gasteiger partial charge in [-0.2, -0.15) is 5.10 Å².